The topological polar surface area (TPSA) is 35.6 Å². The molecule has 4 heteroatoms. The van der Waals surface area contributed by atoms with Crippen molar-refractivity contribution < 1.29 is 0 Å². The molecule has 0 amide bonds. The second kappa shape index (κ2) is 11.4. The number of aromatic nitrogens is 4. The van der Waals surface area contributed by atoms with E-state index in [1.807, 2.05) is 12.4 Å². The molecule has 234 valence electrons. The molecule has 0 aliphatic rings. The number of rotatable bonds is 5. The molecular weight excluding hydrogens is 609 g/mol. The van der Waals surface area contributed by atoms with Crippen LogP contribution in [0.15, 0.2) is 182 Å². The first-order valence-electron chi connectivity index (χ1n) is 16.9. The van der Waals surface area contributed by atoms with Crippen LogP contribution < -0.4 is 0 Å². The van der Waals surface area contributed by atoms with Gasteiger partial charge in [-0.25, -0.2) is 9.97 Å². The lowest BCUT2D eigenvalue weighted by Crippen LogP contribution is -2.01. The van der Waals surface area contributed by atoms with Crippen molar-refractivity contribution in [1.82, 2.24) is 19.1 Å². The maximum atomic E-state index is 5.00. The number of nitrogens with zero attached hydrogens (tertiary/aromatic N) is 4. The van der Waals surface area contributed by atoms with Crippen molar-refractivity contribution in [3.8, 4) is 45.0 Å². The summed E-state index contributed by atoms with van der Waals surface area (Å²) in [5, 5.41) is 4.84. The van der Waals surface area contributed by atoms with Gasteiger partial charge in [0, 0.05) is 45.2 Å². The maximum Gasteiger partial charge on any atom is 0.234 e. The number of hydrogen-bond acceptors (Lipinski definition) is 2. The smallest absolute Gasteiger partial charge is 0.234 e. The minimum absolute atomic E-state index is 0.645. The highest BCUT2D eigenvalue weighted by Gasteiger charge is 2.17. The van der Waals surface area contributed by atoms with Crippen molar-refractivity contribution in [2.75, 3.05) is 0 Å². The van der Waals surface area contributed by atoms with E-state index in [9.17, 15) is 0 Å². The van der Waals surface area contributed by atoms with Gasteiger partial charge in [0.05, 0.1) is 22.1 Å². The third-order valence-electron chi connectivity index (χ3n) is 9.81. The molecule has 0 bridgehead atoms. The summed E-state index contributed by atoms with van der Waals surface area (Å²) >= 11 is 0. The molecule has 0 N–H and O–H groups in total. The number of benzene rings is 7. The molecule has 0 saturated heterocycles. The predicted octanol–water partition coefficient (Wildman–Crippen LogP) is 11.7. The van der Waals surface area contributed by atoms with E-state index in [1.165, 1.54) is 38.3 Å². The summed E-state index contributed by atoms with van der Waals surface area (Å²) in [7, 11) is 0. The zero-order valence-electron chi connectivity index (χ0n) is 27.1. The highest BCUT2D eigenvalue weighted by Crippen LogP contribution is 2.37. The molecule has 50 heavy (non-hydrogen) atoms. The van der Waals surface area contributed by atoms with Crippen LogP contribution in [0.5, 0.6) is 0 Å². The van der Waals surface area contributed by atoms with Gasteiger partial charge in [-0.3, -0.25) is 4.57 Å². The van der Waals surface area contributed by atoms with Crippen LogP contribution in [0.2, 0.25) is 0 Å². The summed E-state index contributed by atoms with van der Waals surface area (Å²) in [6.45, 7) is 0. The first kappa shape index (κ1) is 28.3. The van der Waals surface area contributed by atoms with Crippen molar-refractivity contribution in [1.29, 1.82) is 0 Å². The lowest BCUT2D eigenvalue weighted by molar-refractivity contribution is 0.990. The molecule has 0 aliphatic carbocycles. The summed E-state index contributed by atoms with van der Waals surface area (Å²) in [4.78, 5) is 10.0. The van der Waals surface area contributed by atoms with Gasteiger partial charge in [-0.1, -0.05) is 115 Å². The summed E-state index contributed by atoms with van der Waals surface area (Å²) in [6.07, 6.45) is 3.91. The Bertz CT molecular complexity index is 2740. The summed E-state index contributed by atoms with van der Waals surface area (Å²) in [5.41, 5.74) is 12.4. The summed E-state index contributed by atoms with van der Waals surface area (Å²) in [5.74, 6) is 0.645. The molecular formula is C46H30N4. The van der Waals surface area contributed by atoms with Gasteiger partial charge in [-0.15, -0.1) is 0 Å². The van der Waals surface area contributed by atoms with Crippen molar-refractivity contribution >= 4 is 43.6 Å². The van der Waals surface area contributed by atoms with Crippen LogP contribution in [0.3, 0.4) is 0 Å². The Labute approximate surface area is 289 Å². The molecule has 10 rings (SSSR count). The zero-order valence-corrected chi connectivity index (χ0v) is 27.1. The van der Waals surface area contributed by atoms with E-state index in [2.05, 4.69) is 179 Å². The van der Waals surface area contributed by atoms with Crippen LogP contribution in [-0.4, -0.2) is 19.1 Å². The maximum absolute atomic E-state index is 5.00. The molecule has 4 nitrogen and oxygen atoms in total. The van der Waals surface area contributed by atoms with Crippen LogP contribution in [0.1, 0.15) is 0 Å². The van der Waals surface area contributed by atoms with E-state index in [0.29, 0.717) is 5.95 Å². The van der Waals surface area contributed by atoms with Crippen LogP contribution in [0.4, 0.5) is 0 Å². The van der Waals surface area contributed by atoms with Crippen LogP contribution in [0, 0.1) is 0 Å². The number of para-hydroxylation sites is 3. The summed E-state index contributed by atoms with van der Waals surface area (Å²) in [6, 6.07) is 60.3. The Morgan fingerprint density at radius 2 is 0.720 bits per heavy atom. The molecule has 0 spiro atoms. The van der Waals surface area contributed by atoms with Gasteiger partial charge < -0.3 is 4.57 Å². The second-order valence-corrected chi connectivity index (χ2v) is 12.7. The fourth-order valence-corrected chi connectivity index (χ4v) is 7.49. The van der Waals surface area contributed by atoms with Crippen molar-refractivity contribution in [2.45, 2.75) is 0 Å². The second-order valence-electron chi connectivity index (χ2n) is 12.7. The average molecular weight is 639 g/mol. The van der Waals surface area contributed by atoms with Crippen LogP contribution in [0.25, 0.3) is 88.6 Å². The van der Waals surface area contributed by atoms with Crippen LogP contribution in [-0.2, 0) is 0 Å². The fourth-order valence-electron chi connectivity index (χ4n) is 7.49. The Morgan fingerprint density at radius 3 is 1.26 bits per heavy atom. The lowest BCUT2D eigenvalue weighted by atomic mass is 9.94. The van der Waals surface area contributed by atoms with E-state index in [1.54, 1.807) is 0 Å². The first-order valence-corrected chi connectivity index (χ1v) is 16.9. The van der Waals surface area contributed by atoms with Gasteiger partial charge >= 0.3 is 0 Å². The fraction of sp³-hybridized carbons (Fsp3) is 0. The zero-order chi connectivity index (χ0) is 33.0. The SMILES string of the molecule is c1ccc(-c2cc(-c3ccccc3)cc(-c3cnc(-n4c5ccccc5c5cc(-n6c7ccccc7c7ccccc76)ccc54)nc3)c2)cc1. The Balaban J connectivity index is 1.11. The van der Waals surface area contributed by atoms with E-state index >= 15 is 0 Å². The lowest BCUT2D eigenvalue weighted by Gasteiger charge is -2.12. The van der Waals surface area contributed by atoms with Crippen molar-refractivity contribution in [2.24, 2.45) is 0 Å². The largest absolute Gasteiger partial charge is 0.309 e. The number of fused-ring (bicyclic) bond motifs is 6. The molecule has 10 aromatic rings. The van der Waals surface area contributed by atoms with Gasteiger partial charge in [-0.05, 0) is 82.4 Å². The molecule has 0 fully saturated rings. The third-order valence-corrected chi connectivity index (χ3v) is 9.81. The van der Waals surface area contributed by atoms with Crippen molar-refractivity contribution in [3.05, 3.63) is 182 Å². The Morgan fingerprint density at radius 1 is 0.300 bits per heavy atom. The minimum Gasteiger partial charge on any atom is -0.309 e. The van der Waals surface area contributed by atoms with E-state index in [4.69, 9.17) is 9.97 Å². The molecule has 7 aromatic carbocycles. The monoisotopic (exact) mass is 638 g/mol. The van der Waals surface area contributed by atoms with Crippen molar-refractivity contribution in [3.63, 3.8) is 0 Å². The molecule has 0 saturated carbocycles. The van der Waals surface area contributed by atoms with Gasteiger partial charge in [0.2, 0.25) is 5.95 Å². The molecule has 0 aliphatic heterocycles. The molecule has 3 heterocycles. The van der Waals surface area contributed by atoms with Gasteiger partial charge in [0.15, 0.2) is 0 Å². The molecule has 0 unspecified atom stereocenters. The molecule has 0 atom stereocenters. The van der Waals surface area contributed by atoms with E-state index in [-0.39, 0.29) is 0 Å². The highest BCUT2D eigenvalue weighted by molar-refractivity contribution is 6.12. The molecule has 3 aromatic heterocycles. The normalized spacial score (nSPS) is 11.6. The Kier molecular flexibility index (Phi) is 6.46. The average Bonchev–Trinajstić information content (AvgIpc) is 3.71. The minimum atomic E-state index is 0.645. The molecule has 0 radical (unpaired) electrons. The third kappa shape index (κ3) is 4.54. The van der Waals surface area contributed by atoms with E-state index < -0.39 is 0 Å². The first-order chi connectivity index (χ1) is 24.8. The van der Waals surface area contributed by atoms with Gasteiger partial charge in [0.1, 0.15) is 0 Å². The van der Waals surface area contributed by atoms with Crippen LogP contribution >= 0.6 is 0 Å². The van der Waals surface area contributed by atoms with Gasteiger partial charge in [0.25, 0.3) is 0 Å². The quantitative estimate of drug-likeness (QED) is 0.188. The van der Waals surface area contributed by atoms with E-state index in [0.717, 1.165) is 44.4 Å². The van der Waals surface area contributed by atoms with Gasteiger partial charge in [-0.2, -0.15) is 0 Å². The standard InChI is InChI=1S/C46H30N4/c1-3-13-31(14-4-1)33-25-34(32-15-5-2-6-16-32)27-35(26-33)36-29-47-46(48-30-36)50-44-22-12-9-19-40(44)41-28-37(23-24-45(41)50)49-42-20-10-7-17-38(42)39-18-8-11-21-43(39)49/h1-30H. The number of hydrogen-bond donors (Lipinski definition) is 0. The predicted molar refractivity (Wildman–Crippen MR) is 207 cm³/mol. The summed E-state index contributed by atoms with van der Waals surface area (Å²) < 4.78 is 4.55. The Hall–Kier alpha value is -6.78. The highest BCUT2D eigenvalue weighted by atomic mass is 15.1.